The normalized spacial score (nSPS) is 12.4. The molecule has 4 heteroatoms. The zero-order valence-electron chi connectivity index (χ0n) is 18.4. The van der Waals surface area contributed by atoms with Crippen molar-refractivity contribution in [2.24, 2.45) is 0 Å². The Balaban J connectivity index is 1.49. The van der Waals surface area contributed by atoms with E-state index in [0.29, 0.717) is 6.79 Å². The minimum Gasteiger partial charge on any atom is -0.454 e. The van der Waals surface area contributed by atoms with Gasteiger partial charge in [0.05, 0.1) is 11.2 Å². The highest BCUT2D eigenvalue weighted by molar-refractivity contribution is 5.87. The molecule has 4 nitrogen and oxygen atoms in total. The number of aromatic nitrogens is 1. The highest BCUT2D eigenvalue weighted by atomic mass is 16.7. The van der Waals surface area contributed by atoms with E-state index < -0.39 is 0 Å². The zero-order valence-corrected chi connectivity index (χ0v) is 18.4. The molecule has 0 aliphatic carbocycles. The lowest BCUT2D eigenvalue weighted by molar-refractivity contribution is 0.174. The average Bonchev–Trinajstić information content (AvgIpc) is 3.31. The first-order valence-electron chi connectivity index (χ1n) is 11.4. The number of hydrogen-bond donors (Lipinski definition) is 1. The average molecular weight is 425 g/mol. The molecule has 0 radical (unpaired) electrons. The number of hydrogen-bond acceptors (Lipinski definition) is 4. The van der Waals surface area contributed by atoms with Gasteiger partial charge in [-0.1, -0.05) is 67.9 Å². The summed E-state index contributed by atoms with van der Waals surface area (Å²) in [7, 11) is 0. The quantitative estimate of drug-likeness (QED) is 0.362. The predicted octanol–water partition coefficient (Wildman–Crippen LogP) is 6.26. The topological polar surface area (TPSA) is 43.4 Å². The summed E-state index contributed by atoms with van der Waals surface area (Å²) in [4.78, 5) is 5.11. The molecule has 3 aromatic carbocycles. The Morgan fingerprint density at radius 3 is 2.53 bits per heavy atom. The van der Waals surface area contributed by atoms with Gasteiger partial charge in [0, 0.05) is 24.0 Å². The van der Waals surface area contributed by atoms with Crippen LogP contribution in [0.1, 0.15) is 36.5 Å². The fraction of sp³-hybridized carbons (Fsp3) is 0.250. The van der Waals surface area contributed by atoms with Crippen molar-refractivity contribution in [3.05, 3.63) is 89.5 Å². The van der Waals surface area contributed by atoms with Gasteiger partial charge < -0.3 is 14.8 Å². The first-order chi connectivity index (χ1) is 15.8. The molecule has 0 fully saturated rings. The van der Waals surface area contributed by atoms with Crippen molar-refractivity contribution in [2.45, 2.75) is 39.3 Å². The molecule has 0 saturated heterocycles. The Morgan fingerprint density at radius 2 is 1.66 bits per heavy atom. The fourth-order valence-electron chi connectivity index (χ4n) is 4.36. The van der Waals surface area contributed by atoms with Crippen LogP contribution in [0.25, 0.3) is 22.2 Å². The predicted molar refractivity (Wildman–Crippen MR) is 129 cm³/mol. The molecular weight excluding hydrogens is 396 g/mol. The van der Waals surface area contributed by atoms with E-state index in [9.17, 15) is 0 Å². The lowest BCUT2D eigenvalue weighted by atomic mass is 9.93. The Bertz CT molecular complexity index is 1220. The summed E-state index contributed by atoms with van der Waals surface area (Å²) < 4.78 is 11.0. The number of rotatable bonds is 8. The number of para-hydroxylation sites is 1. The van der Waals surface area contributed by atoms with Crippen molar-refractivity contribution < 1.29 is 9.47 Å². The van der Waals surface area contributed by atoms with Crippen LogP contribution in [0, 0.1) is 0 Å². The molecule has 0 spiro atoms. The van der Waals surface area contributed by atoms with Gasteiger partial charge >= 0.3 is 0 Å². The maximum Gasteiger partial charge on any atom is 0.231 e. The van der Waals surface area contributed by atoms with Gasteiger partial charge in [0.25, 0.3) is 0 Å². The maximum absolute atomic E-state index is 5.53. The van der Waals surface area contributed by atoms with Crippen LogP contribution in [0.15, 0.2) is 72.8 Å². The number of pyridine rings is 1. The van der Waals surface area contributed by atoms with E-state index >= 15 is 0 Å². The van der Waals surface area contributed by atoms with E-state index in [1.165, 1.54) is 27.6 Å². The molecule has 1 N–H and O–H groups in total. The summed E-state index contributed by atoms with van der Waals surface area (Å²) in [5.74, 6) is 1.65. The Kier molecular flexibility index (Phi) is 6.04. The van der Waals surface area contributed by atoms with E-state index in [1.54, 1.807) is 0 Å². The first-order valence-corrected chi connectivity index (χ1v) is 11.4. The van der Waals surface area contributed by atoms with Crippen molar-refractivity contribution in [3.8, 4) is 22.8 Å². The van der Waals surface area contributed by atoms with Gasteiger partial charge in [0.2, 0.25) is 6.79 Å². The number of benzene rings is 3. The monoisotopic (exact) mass is 424 g/mol. The molecule has 5 rings (SSSR count). The highest BCUT2D eigenvalue weighted by Crippen LogP contribution is 2.33. The standard InChI is InChI=1S/C28H28N2O2/c1-2-3-11-23-24(18-29-17-20-14-15-26-27(16-20)32-19-31-26)22-12-7-8-13-25(22)30-28(23)21-9-5-4-6-10-21/h4-10,12-16,29H,2-3,11,17-19H2,1H3. The van der Waals surface area contributed by atoms with E-state index in [4.69, 9.17) is 14.5 Å². The van der Waals surface area contributed by atoms with Crippen LogP contribution in [0.4, 0.5) is 0 Å². The molecule has 1 aliphatic rings. The molecule has 1 aromatic heterocycles. The van der Waals surface area contributed by atoms with Crippen LogP contribution in [0.3, 0.4) is 0 Å². The Hall–Kier alpha value is -3.37. The third kappa shape index (κ3) is 4.19. The van der Waals surface area contributed by atoms with Crippen LogP contribution in [-0.4, -0.2) is 11.8 Å². The van der Waals surface area contributed by atoms with Crippen LogP contribution in [0.5, 0.6) is 11.5 Å². The second kappa shape index (κ2) is 9.41. The molecule has 0 bridgehead atoms. The van der Waals surface area contributed by atoms with Crippen LogP contribution in [-0.2, 0) is 19.5 Å². The zero-order chi connectivity index (χ0) is 21.8. The van der Waals surface area contributed by atoms with Crippen molar-refractivity contribution >= 4 is 10.9 Å². The molecule has 0 amide bonds. The number of ether oxygens (including phenoxy) is 2. The molecule has 0 saturated carbocycles. The largest absolute Gasteiger partial charge is 0.454 e. The minimum absolute atomic E-state index is 0.304. The molecule has 0 atom stereocenters. The number of nitrogens with zero attached hydrogens (tertiary/aromatic N) is 1. The van der Waals surface area contributed by atoms with Crippen LogP contribution < -0.4 is 14.8 Å². The van der Waals surface area contributed by atoms with E-state index in [2.05, 4.69) is 79.0 Å². The SMILES string of the molecule is CCCCc1c(-c2ccccc2)nc2ccccc2c1CNCc1ccc2c(c1)OCO2. The van der Waals surface area contributed by atoms with Gasteiger partial charge in [-0.2, -0.15) is 0 Å². The summed E-state index contributed by atoms with van der Waals surface area (Å²) in [5.41, 5.74) is 7.23. The number of fused-ring (bicyclic) bond motifs is 2. The van der Waals surface area contributed by atoms with Gasteiger partial charge in [0.15, 0.2) is 11.5 Å². The van der Waals surface area contributed by atoms with Crippen molar-refractivity contribution in [1.29, 1.82) is 0 Å². The molecule has 4 aromatic rings. The summed E-state index contributed by atoms with van der Waals surface area (Å²) in [5, 5.41) is 4.91. The third-order valence-electron chi connectivity index (χ3n) is 6.01. The number of nitrogens with one attached hydrogen (secondary N) is 1. The second-order valence-corrected chi connectivity index (χ2v) is 8.20. The summed E-state index contributed by atoms with van der Waals surface area (Å²) in [6.07, 6.45) is 3.33. The molecule has 32 heavy (non-hydrogen) atoms. The van der Waals surface area contributed by atoms with Crippen LogP contribution >= 0.6 is 0 Å². The summed E-state index contributed by atoms with van der Waals surface area (Å²) in [6, 6.07) is 25.2. The molecule has 0 unspecified atom stereocenters. The molecule has 1 aliphatic heterocycles. The Morgan fingerprint density at radius 1 is 0.844 bits per heavy atom. The summed E-state index contributed by atoms with van der Waals surface area (Å²) in [6.45, 7) is 4.10. The third-order valence-corrected chi connectivity index (χ3v) is 6.01. The van der Waals surface area contributed by atoms with Gasteiger partial charge in [-0.05, 0) is 47.7 Å². The Labute approximate surface area is 189 Å². The lowest BCUT2D eigenvalue weighted by Crippen LogP contribution is -2.15. The fourth-order valence-corrected chi connectivity index (χ4v) is 4.36. The van der Waals surface area contributed by atoms with Gasteiger partial charge in [0.1, 0.15) is 0 Å². The highest BCUT2D eigenvalue weighted by Gasteiger charge is 2.17. The lowest BCUT2D eigenvalue weighted by Gasteiger charge is -2.18. The second-order valence-electron chi connectivity index (χ2n) is 8.20. The maximum atomic E-state index is 5.53. The van der Waals surface area contributed by atoms with E-state index in [-0.39, 0.29) is 0 Å². The smallest absolute Gasteiger partial charge is 0.231 e. The number of unbranched alkanes of at least 4 members (excludes halogenated alkanes) is 1. The minimum atomic E-state index is 0.304. The molecule has 2 heterocycles. The van der Waals surface area contributed by atoms with Crippen molar-refractivity contribution in [2.75, 3.05) is 6.79 Å². The van der Waals surface area contributed by atoms with Gasteiger partial charge in [-0.25, -0.2) is 4.98 Å². The van der Waals surface area contributed by atoms with Gasteiger partial charge in [-0.15, -0.1) is 0 Å². The van der Waals surface area contributed by atoms with Crippen LogP contribution in [0.2, 0.25) is 0 Å². The van der Waals surface area contributed by atoms with E-state index in [0.717, 1.165) is 55.1 Å². The molecule has 162 valence electrons. The van der Waals surface area contributed by atoms with E-state index in [1.807, 2.05) is 6.07 Å². The van der Waals surface area contributed by atoms with Crippen molar-refractivity contribution in [1.82, 2.24) is 10.3 Å². The van der Waals surface area contributed by atoms with Crippen molar-refractivity contribution in [3.63, 3.8) is 0 Å². The van der Waals surface area contributed by atoms with Gasteiger partial charge in [-0.3, -0.25) is 0 Å². The first kappa shape index (κ1) is 20.5. The molecular formula is C28H28N2O2. The summed E-state index contributed by atoms with van der Waals surface area (Å²) >= 11 is 0.